The Bertz CT molecular complexity index is 1090. The average molecular weight is 1000 g/mol. The van der Waals surface area contributed by atoms with Gasteiger partial charge in [-0.1, -0.05) is 330 Å². The van der Waals surface area contributed by atoms with Crippen molar-refractivity contribution in [3.63, 3.8) is 0 Å². The highest BCUT2D eigenvalue weighted by Crippen LogP contribution is 2.19. The predicted octanol–water partition coefficient (Wildman–Crippen LogP) is 21.6. The molecule has 1 atom stereocenters. The van der Waals surface area contributed by atoms with E-state index in [0.717, 1.165) is 69.6 Å². The molecule has 0 saturated carbocycles. The molecule has 0 aromatic carbocycles. The van der Waals surface area contributed by atoms with E-state index < -0.39 is 6.10 Å². The fourth-order valence-electron chi connectivity index (χ4n) is 10.1. The maximum atomic E-state index is 12.9. The van der Waals surface area contributed by atoms with Crippen LogP contribution in [0.2, 0.25) is 0 Å². The molecule has 0 N–H and O–H groups in total. The van der Waals surface area contributed by atoms with Gasteiger partial charge in [0, 0.05) is 19.3 Å². The lowest BCUT2D eigenvalue weighted by Crippen LogP contribution is -2.30. The summed E-state index contributed by atoms with van der Waals surface area (Å²) in [5.74, 6) is 0.862. The van der Waals surface area contributed by atoms with Crippen LogP contribution in [0.25, 0.3) is 0 Å². The standard InChI is InChI=1S/C65H126O6/c1-6-7-8-9-10-11-12-13-14-15-16-19-25-30-35-40-45-50-55-63(66)69-58-62(71-65(68)57-52-47-42-37-32-27-22-21-24-29-34-39-44-49-54-61(4)5)59-70-64(67)56-51-46-41-36-31-26-20-17-18-23-28-33-38-43-48-53-60(2)3/h60-62H,6-59H2,1-5H3/t62-/m0/s1. The highest BCUT2D eigenvalue weighted by atomic mass is 16.6. The van der Waals surface area contributed by atoms with Crippen LogP contribution in [-0.4, -0.2) is 37.2 Å². The number of unbranched alkanes of at least 4 members (excludes halogenated alkanes) is 44. The summed E-state index contributed by atoms with van der Waals surface area (Å²) in [6, 6.07) is 0. The molecule has 0 aromatic heterocycles. The minimum atomic E-state index is -0.764. The van der Waals surface area contributed by atoms with Gasteiger partial charge in [-0.25, -0.2) is 0 Å². The normalized spacial score (nSPS) is 12.0. The van der Waals surface area contributed by atoms with Crippen molar-refractivity contribution >= 4 is 17.9 Å². The quantitative estimate of drug-likeness (QED) is 0.0343. The first-order valence-electron chi connectivity index (χ1n) is 32.2. The maximum Gasteiger partial charge on any atom is 0.306 e. The van der Waals surface area contributed by atoms with Crippen LogP contribution in [-0.2, 0) is 28.6 Å². The zero-order chi connectivity index (χ0) is 51.8. The van der Waals surface area contributed by atoms with Gasteiger partial charge in [0.05, 0.1) is 0 Å². The first-order valence-corrected chi connectivity index (χ1v) is 32.2. The Kier molecular flexibility index (Phi) is 56.4. The van der Waals surface area contributed by atoms with Gasteiger partial charge in [-0.15, -0.1) is 0 Å². The molecule has 0 amide bonds. The van der Waals surface area contributed by atoms with Crippen LogP contribution in [0.15, 0.2) is 0 Å². The van der Waals surface area contributed by atoms with E-state index in [0.29, 0.717) is 19.3 Å². The number of hydrogen-bond acceptors (Lipinski definition) is 6. The molecule has 0 bridgehead atoms. The molecule has 0 unspecified atom stereocenters. The zero-order valence-corrected chi connectivity index (χ0v) is 48.9. The Morgan fingerprint density at radius 3 is 0.690 bits per heavy atom. The van der Waals surface area contributed by atoms with Gasteiger partial charge in [0.1, 0.15) is 13.2 Å². The second kappa shape index (κ2) is 57.7. The second-order valence-electron chi connectivity index (χ2n) is 23.4. The summed E-state index contributed by atoms with van der Waals surface area (Å²) in [7, 11) is 0. The lowest BCUT2D eigenvalue weighted by Gasteiger charge is -2.18. The lowest BCUT2D eigenvalue weighted by atomic mass is 10.0. The van der Waals surface area contributed by atoms with Crippen LogP contribution in [0.5, 0.6) is 0 Å². The molecule has 0 spiro atoms. The number of rotatable bonds is 59. The molecule has 0 aliphatic heterocycles. The van der Waals surface area contributed by atoms with Crippen LogP contribution in [0, 0.1) is 11.8 Å². The van der Waals surface area contributed by atoms with Crippen LogP contribution in [0.3, 0.4) is 0 Å². The molecular weight excluding hydrogens is 877 g/mol. The fraction of sp³-hybridized carbons (Fsp3) is 0.954. The molecule has 0 saturated heterocycles. The van der Waals surface area contributed by atoms with E-state index in [-0.39, 0.29) is 31.1 Å². The van der Waals surface area contributed by atoms with Gasteiger partial charge in [-0.05, 0) is 31.1 Å². The van der Waals surface area contributed by atoms with Gasteiger partial charge in [0.25, 0.3) is 0 Å². The Balaban J connectivity index is 4.29. The topological polar surface area (TPSA) is 78.9 Å². The van der Waals surface area contributed by atoms with E-state index in [4.69, 9.17) is 14.2 Å². The van der Waals surface area contributed by atoms with Gasteiger partial charge in [0.15, 0.2) is 6.10 Å². The van der Waals surface area contributed by atoms with E-state index in [9.17, 15) is 14.4 Å². The van der Waals surface area contributed by atoms with Gasteiger partial charge in [-0.2, -0.15) is 0 Å². The zero-order valence-electron chi connectivity index (χ0n) is 48.9. The van der Waals surface area contributed by atoms with Gasteiger partial charge in [-0.3, -0.25) is 14.4 Å². The molecule has 0 aromatic rings. The lowest BCUT2D eigenvalue weighted by molar-refractivity contribution is -0.167. The van der Waals surface area contributed by atoms with Crippen molar-refractivity contribution in [1.82, 2.24) is 0 Å². The Morgan fingerprint density at radius 2 is 0.465 bits per heavy atom. The third-order valence-corrected chi connectivity index (χ3v) is 15.0. The first-order chi connectivity index (χ1) is 34.7. The summed E-state index contributed by atoms with van der Waals surface area (Å²) in [6.07, 6.45) is 63.9. The largest absolute Gasteiger partial charge is 0.462 e. The van der Waals surface area contributed by atoms with E-state index in [1.54, 1.807) is 0 Å². The molecule has 0 radical (unpaired) electrons. The fourth-order valence-corrected chi connectivity index (χ4v) is 10.1. The molecule has 0 aliphatic carbocycles. The molecule has 0 rings (SSSR count). The van der Waals surface area contributed by atoms with E-state index >= 15 is 0 Å². The third kappa shape index (κ3) is 59.2. The smallest absolute Gasteiger partial charge is 0.306 e. The van der Waals surface area contributed by atoms with Crippen molar-refractivity contribution in [3.05, 3.63) is 0 Å². The van der Waals surface area contributed by atoms with Crippen molar-refractivity contribution in [2.24, 2.45) is 11.8 Å². The molecule has 0 fully saturated rings. The van der Waals surface area contributed by atoms with E-state index in [1.165, 1.54) is 257 Å². The number of carbonyl (C=O) groups excluding carboxylic acids is 3. The van der Waals surface area contributed by atoms with Crippen molar-refractivity contribution in [2.75, 3.05) is 13.2 Å². The Hall–Kier alpha value is -1.59. The van der Waals surface area contributed by atoms with Crippen molar-refractivity contribution < 1.29 is 28.6 Å². The highest BCUT2D eigenvalue weighted by molar-refractivity contribution is 5.71. The number of carbonyl (C=O) groups is 3. The summed E-state index contributed by atoms with van der Waals surface area (Å²) in [5.41, 5.74) is 0. The first kappa shape index (κ1) is 69.4. The maximum absolute atomic E-state index is 12.9. The van der Waals surface area contributed by atoms with Crippen molar-refractivity contribution in [3.8, 4) is 0 Å². The van der Waals surface area contributed by atoms with E-state index in [1.807, 2.05) is 0 Å². The van der Waals surface area contributed by atoms with Crippen LogP contribution < -0.4 is 0 Å². The number of hydrogen-bond donors (Lipinski definition) is 0. The highest BCUT2D eigenvalue weighted by Gasteiger charge is 2.19. The van der Waals surface area contributed by atoms with Crippen LogP contribution in [0.4, 0.5) is 0 Å². The minimum Gasteiger partial charge on any atom is -0.462 e. The summed E-state index contributed by atoms with van der Waals surface area (Å²) >= 11 is 0. The van der Waals surface area contributed by atoms with Crippen molar-refractivity contribution in [1.29, 1.82) is 0 Å². The van der Waals surface area contributed by atoms with E-state index in [2.05, 4.69) is 34.6 Å². The summed E-state index contributed by atoms with van der Waals surface area (Å²) < 4.78 is 17.0. The number of ether oxygens (including phenoxy) is 3. The molecule has 0 heterocycles. The van der Waals surface area contributed by atoms with Gasteiger partial charge >= 0.3 is 17.9 Å². The van der Waals surface area contributed by atoms with Gasteiger partial charge < -0.3 is 14.2 Å². The second-order valence-corrected chi connectivity index (χ2v) is 23.4. The molecular formula is C65H126O6. The summed E-state index contributed by atoms with van der Waals surface area (Å²) in [6.45, 7) is 11.5. The summed E-state index contributed by atoms with van der Waals surface area (Å²) in [4.78, 5) is 38.3. The van der Waals surface area contributed by atoms with Crippen molar-refractivity contribution in [2.45, 2.75) is 375 Å². The monoisotopic (exact) mass is 1000 g/mol. The Labute approximate surface area is 444 Å². The van der Waals surface area contributed by atoms with Gasteiger partial charge in [0.2, 0.25) is 0 Å². The molecule has 71 heavy (non-hydrogen) atoms. The average Bonchev–Trinajstić information content (AvgIpc) is 3.35. The Morgan fingerprint density at radius 1 is 0.268 bits per heavy atom. The third-order valence-electron chi connectivity index (χ3n) is 15.0. The SMILES string of the molecule is CCCCCCCCCCCCCCCCCCCCC(=O)OC[C@@H](COC(=O)CCCCCCCCCCCCCCCCCC(C)C)OC(=O)CCCCCCCCCCCCCCCCC(C)C. The molecule has 6 heteroatoms. The predicted molar refractivity (Wildman–Crippen MR) is 307 cm³/mol. The van der Waals surface area contributed by atoms with Crippen LogP contribution >= 0.6 is 0 Å². The number of esters is 3. The molecule has 422 valence electrons. The minimum absolute atomic E-state index is 0.0617. The molecule has 0 aliphatic rings. The molecule has 6 nitrogen and oxygen atoms in total. The summed E-state index contributed by atoms with van der Waals surface area (Å²) in [5, 5.41) is 0. The van der Waals surface area contributed by atoms with Crippen LogP contribution in [0.1, 0.15) is 369 Å².